The summed E-state index contributed by atoms with van der Waals surface area (Å²) in [7, 11) is -4.92. The van der Waals surface area contributed by atoms with Crippen LogP contribution in [0.3, 0.4) is 0 Å². The minimum Gasteiger partial charge on any atom is -0.550 e. The van der Waals surface area contributed by atoms with Crippen molar-refractivity contribution in [3.8, 4) is 0 Å². The van der Waals surface area contributed by atoms with Crippen molar-refractivity contribution in [2.24, 2.45) is 0 Å². The lowest BCUT2D eigenvalue weighted by Gasteiger charge is -2.53. The average molecular weight is 246 g/mol. The number of carboxylic acid groups (broad SMARTS) is 2. The standard InChI is InChI=1S/C9H20O4Si2/c1-14(2,3)9(7(10)11,8(12)13)15(4,5)6/h1-6H3,(H,10,11)(H,12,13)/p-2. The van der Waals surface area contributed by atoms with Gasteiger partial charge >= 0.3 is 0 Å². The summed E-state index contributed by atoms with van der Waals surface area (Å²) < 4.78 is -1.74. The maximum absolute atomic E-state index is 11.3. The van der Waals surface area contributed by atoms with Crippen LogP contribution in [0.5, 0.6) is 0 Å². The molecule has 0 aliphatic rings. The second-order valence-corrected chi connectivity index (χ2v) is 16.8. The fourth-order valence-corrected chi connectivity index (χ4v) is 13.9. The molecule has 0 saturated carbocycles. The Bertz CT molecular complexity index is 255. The highest BCUT2D eigenvalue weighted by Gasteiger charge is 2.55. The molecule has 0 unspecified atom stereocenters. The first-order chi connectivity index (χ1) is 6.39. The van der Waals surface area contributed by atoms with Gasteiger partial charge in [0, 0.05) is 16.6 Å². The molecule has 0 radical (unpaired) electrons. The normalized spacial score (nSPS) is 13.7. The van der Waals surface area contributed by atoms with Gasteiger partial charge in [-0.3, -0.25) is 0 Å². The van der Waals surface area contributed by atoms with Gasteiger partial charge in [-0.15, -0.1) is 0 Å². The van der Waals surface area contributed by atoms with Crippen molar-refractivity contribution in [1.29, 1.82) is 0 Å². The van der Waals surface area contributed by atoms with Gasteiger partial charge in [0.25, 0.3) is 0 Å². The van der Waals surface area contributed by atoms with Crippen LogP contribution in [0.25, 0.3) is 0 Å². The van der Waals surface area contributed by atoms with Crippen LogP contribution in [-0.2, 0) is 9.59 Å². The summed E-state index contributed by atoms with van der Waals surface area (Å²) in [5, 5.41) is 22.6. The zero-order chi connectivity index (χ0) is 12.7. The third kappa shape index (κ3) is 2.01. The molecule has 0 aromatic carbocycles. The molecule has 0 aliphatic carbocycles. The third-order valence-electron chi connectivity index (χ3n) is 2.86. The molecular formula is C9H18O4Si2-2. The number of aliphatic carboxylic acids is 2. The van der Waals surface area contributed by atoms with E-state index in [0.717, 1.165) is 0 Å². The first-order valence-electron chi connectivity index (χ1n) is 4.82. The third-order valence-corrected chi connectivity index (χ3v) is 12.7. The lowest BCUT2D eigenvalue weighted by atomic mass is 10.4. The summed E-state index contributed by atoms with van der Waals surface area (Å²) in [6.07, 6.45) is 0. The van der Waals surface area contributed by atoms with Gasteiger partial charge < -0.3 is 19.8 Å². The van der Waals surface area contributed by atoms with E-state index in [2.05, 4.69) is 0 Å². The molecule has 0 saturated heterocycles. The van der Waals surface area contributed by atoms with Crippen molar-refractivity contribution >= 4 is 28.1 Å². The van der Waals surface area contributed by atoms with Gasteiger partial charge in [-0.2, -0.15) is 0 Å². The number of hydrogen-bond acceptors (Lipinski definition) is 4. The second-order valence-electron chi connectivity index (χ2n) is 5.82. The van der Waals surface area contributed by atoms with E-state index in [4.69, 9.17) is 0 Å². The Morgan fingerprint density at radius 2 is 1.00 bits per heavy atom. The fraction of sp³-hybridized carbons (Fsp3) is 0.778. The molecule has 0 fully saturated rings. The Labute approximate surface area is 92.3 Å². The quantitative estimate of drug-likeness (QED) is 0.492. The highest BCUT2D eigenvalue weighted by Crippen LogP contribution is 2.45. The molecular weight excluding hydrogens is 228 g/mol. The summed E-state index contributed by atoms with van der Waals surface area (Å²) in [5.74, 6) is -2.94. The van der Waals surface area contributed by atoms with Gasteiger partial charge in [-0.1, -0.05) is 39.3 Å². The topological polar surface area (TPSA) is 80.3 Å². The van der Waals surface area contributed by atoms with E-state index in [1.165, 1.54) is 0 Å². The van der Waals surface area contributed by atoms with E-state index >= 15 is 0 Å². The Morgan fingerprint density at radius 3 is 1.00 bits per heavy atom. The lowest BCUT2D eigenvalue weighted by molar-refractivity contribution is -0.325. The van der Waals surface area contributed by atoms with Crippen molar-refractivity contribution in [3.05, 3.63) is 0 Å². The molecule has 4 nitrogen and oxygen atoms in total. The molecule has 0 aliphatic heterocycles. The molecule has 0 aromatic rings. The number of hydrogen-bond donors (Lipinski definition) is 0. The summed E-state index contributed by atoms with van der Waals surface area (Å²) in [5.41, 5.74) is 0. The van der Waals surface area contributed by atoms with E-state index < -0.39 is 32.7 Å². The fourth-order valence-electron chi connectivity index (χ4n) is 2.43. The Kier molecular flexibility index (Phi) is 3.59. The van der Waals surface area contributed by atoms with Crippen molar-refractivity contribution in [3.63, 3.8) is 0 Å². The maximum atomic E-state index is 11.3. The van der Waals surface area contributed by atoms with Crippen LogP contribution < -0.4 is 10.2 Å². The van der Waals surface area contributed by atoms with Crippen LogP contribution in [0.4, 0.5) is 0 Å². The number of rotatable bonds is 4. The van der Waals surface area contributed by atoms with E-state index in [-0.39, 0.29) is 0 Å². The van der Waals surface area contributed by atoms with E-state index in [1.807, 2.05) is 0 Å². The van der Waals surface area contributed by atoms with Crippen molar-refractivity contribution < 1.29 is 19.8 Å². The molecule has 0 bridgehead atoms. The predicted molar refractivity (Wildman–Crippen MR) is 59.4 cm³/mol. The van der Waals surface area contributed by atoms with Gasteiger partial charge in [0.1, 0.15) is 0 Å². The van der Waals surface area contributed by atoms with Crippen molar-refractivity contribution in [2.75, 3.05) is 0 Å². The first-order valence-corrected chi connectivity index (χ1v) is 11.8. The zero-order valence-corrected chi connectivity index (χ0v) is 12.1. The molecule has 0 amide bonds. The van der Waals surface area contributed by atoms with Crippen LogP contribution >= 0.6 is 0 Å². The SMILES string of the molecule is C[Si](C)(C)C(C(=O)[O-])(C(=O)[O-])[Si](C)(C)C. The van der Waals surface area contributed by atoms with Gasteiger partial charge in [0.15, 0.2) is 0 Å². The molecule has 0 N–H and O–H groups in total. The molecule has 0 atom stereocenters. The smallest absolute Gasteiger partial charge is 0.0609 e. The lowest BCUT2D eigenvalue weighted by Crippen LogP contribution is -2.69. The zero-order valence-electron chi connectivity index (χ0n) is 10.1. The van der Waals surface area contributed by atoms with Crippen molar-refractivity contribution in [1.82, 2.24) is 0 Å². The van der Waals surface area contributed by atoms with Gasteiger partial charge in [0.2, 0.25) is 0 Å². The number of carbonyl (C=O) groups excluding carboxylic acids is 2. The van der Waals surface area contributed by atoms with Gasteiger partial charge in [0.05, 0.1) is 16.1 Å². The summed E-state index contributed by atoms with van der Waals surface area (Å²) in [6, 6.07) is 0. The summed E-state index contributed by atoms with van der Waals surface area (Å²) >= 11 is 0. The molecule has 0 aromatic heterocycles. The number of carboxylic acids is 2. The maximum Gasteiger partial charge on any atom is 0.0609 e. The Balaban J connectivity index is 5.97. The largest absolute Gasteiger partial charge is 0.550 e. The van der Waals surface area contributed by atoms with Crippen LogP contribution in [0, 0.1) is 0 Å². The molecule has 88 valence electrons. The summed E-state index contributed by atoms with van der Waals surface area (Å²) in [6.45, 7) is 10.4. The van der Waals surface area contributed by atoms with Crippen LogP contribution in [0.15, 0.2) is 0 Å². The summed E-state index contributed by atoms with van der Waals surface area (Å²) in [4.78, 5) is 22.6. The van der Waals surface area contributed by atoms with Gasteiger partial charge in [-0.05, 0) is 0 Å². The average Bonchev–Trinajstić information content (AvgIpc) is 1.75. The molecule has 0 rings (SSSR count). The monoisotopic (exact) mass is 246 g/mol. The molecule has 0 spiro atoms. The molecule has 6 heteroatoms. The van der Waals surface area contributed by atoms with Crippen LogP contribution in [0.2, 0.25) is 43.9 Å². The van der Waals surface area contributed by atoms with E-state index in [1.54, 1.807) is 39.3 Å². The minimum atomic E-state index is -2.46. The predicted octanol–water partition coefficient (Wildman–Crippen LogP) is -0.558. The van der Waals surface area contributed by atoms with Gasteiger partial charge in [-0.25, -0.2) is 0 Å². The van der Waals surface area contributed by atoms with E-state index in [0.29, 0.717) is 0 Å². The Hall–Kier alpha value is -0.626. The van der Waals surface area contributed by atoms with Crippen LogP contribution in [-0.4, -0.2) is 28.1 Å². The van der Waals surface area contributed by atoms with E-state index in [9.17, 15) is 19.8 Å². The molecule has 15 heavy (non-hydrogen) atoms. The first kappa shape index (κ1) is 14.4. The number of carbonyl (C=O) groups is 2. The second kappa shape index (κ2) is 3.75. The minimum absolute atomic E-state index is 1.47. The highest BCUT2D eigenvalue weighted by atomic mass is 28.4. The van der Waals surface area contributed by atoms with Crippen molar-refractivity contribution in [2.45, 2.75) is 43.9 Å². The molecule has 0 heterocycles. The van der Waals surface area contributed by atoms with Crippen LogP contribution in [0.1, 0.15) is 0 Å². The highest BCUT2D eigenvalue weighted by molar-refractivity contribution is 7.06. The Morgan fingerprint density at radius 1 is 0.800 bits per heavy atom.